The average molecular weight is 431 g/mol. The van der Waals surface area contributed by atoms with Crippen molar-refractivity contribution in [2.75, 3.05) is 6.61 Å². The van der Waals surface area contributed by atoms with Crippen molar-refractivity contribution in [1.82, 2.24) is 0 Å². The van der Waals surface area contributed by atoms with Gasteiger partial charge in [-0.15, -0.1) is 0 Å². The van der Waals surface area contributed by atoms with Crippen molar-refractivity contribution in [3.05, 3.63) is 63.1 Å². The summed E-state index contributed by atoms with van der Waals surface area (Å²) in [5.74, 6) is 1.51. The average Bonchev–Trinajstić information content (AvgIpc) is 2.66. The summed E-state index contributed by atoms with van der Waals surface area (Å²) in [5, 5.41) is 0. The second-order valence-corrected chi connectivity index (χ2v) is 8.28. The molecule has 0 aromatic heterocycles. The summed E-state index contributed by atoms with van der Waals surface area (Å²) in [7, 11) is 0. The molecule has 0 amide bonds. The molecular formula is C24H31BrO2. The first kappa shape index (κ1) is 21.7. The van der Waals surface area contributed by atoms with Gasteiger partial charge < -0.3 is 4.74 Å². The van der Waals surface area contributed by atoms with Gasteiger partial charge in [-0.1, -0.05) is 44.4 Å². The largest absolute Gasteiger partial charge is 0.492 e. The Labute approximate surface area is 172 Å². The standard InChI is InChI=1S/C24H31BrO2/c1-4-5-7-20(15-21-10-9-18(2)19(3)14-21)8-6-13-27-24-12-11-22(17-26)16-23(24)25/h9-12,14,16-17,20H,4-8,13,15H2,1-3H3. The molecule has 0 aliphatic carbocycles. The zero-order valence-electron chi connectivity index (χ0n) is 16.8. The lowest BCUT2D eigenvalue weighted by Gasteiger charge is -2.18. The number of hydrogen-bond acceptors (Lipinski definition) is 2. The minimum atomic E-state index is 0.655. The van der Waals surface area contributed by atoms with E-state index in [4.69, 9.17) is 4.74 Å². The summed E-state index contributed by atoms with van der Waals surface area (Å²) in [5.41, 5.74) is 4.85. The highest BCUT2D eigenvalue weighted by Crippen LogP contribution is 2.26. The van der Waals surface area contributed by atoms with E-state index in [1.165, 1.54) is 42.4 Å². The molecule has 2 rings (SSSR count). The smallest absolute Gasteiger partial charge is 0.150 e. The second-order valence-electron chi connectivity index (χ2n) is 7.43. The third kappa shape index (κ3) is 7.14. The van der Waals surface area contributed by atoms with Gasteiger partial charge in [0.15, 0.2) is 0 Å². The number of benzene rings is 2. The number of aldehydes is 1. The van der Waals surface area contributed by atoms with Crippen molar-refractivity contribution in [2.24, 2.45) is 5.92 Å². The van der Waals surface area contributed by atoms with Gasteiger partial charge in [-0.3, -0.25) is 4.79 Å². The Morgan fingerprint density at radius 2 is 1.81 bits per heavy atom. The molecule has 0 saturated carbocycles. The van der Waals surface area contributed by atoms with Gasteiger partial charge in [0.05, 0.1) is 11.1 Å². The van der Waals surface area contributed by atoms with E-state index in [1.807, 2.05) is 6.07 Å². The summed E-state index contributed by atoms with van der Waals surface area (Å²) in [6, 6.07) is 12.3. The Balaban J connectivity index is 1.86. The van der Waals surface area contributed by atoms with E-state index in [0.717, 1.165) is 29.4 Å². The summed E-state index contributed by atoms with van der Waals surface area (Å²) in [6.45, 7) is 7.33. The van der Waals surface area contributed by atoms with Gasteiger partial charge in [-0.2, -0.15) is 0 Å². The molecule has 1 unspecified atom stereocenters. The van der Waals surface area contributed by atoms with Gasteiger partial charge in [-0.25, -0.2) is 0 Å². The summed E-state index contributed by atoms with van der Waals surface area (Å²) in [6.07, 6.45) is 8.03. The van der Waals surface area contributed by atoms with Crippen LogP contribution in [0.25, 0.3) is 0 Å². The number of unbranched alkanes of at least 4 members (excludes halogenated alkanes) is 1. The molecule has 27 heavy (non-hydrogen) atoms. The van der Waals surface area contributed by atoms with E-state index in [0.29, 0.717) is 18.1 Å². The maximum Gasteiger partial charge on any atom is 0.150 e. The third-order valence-electron chi connectivity index (χ3n) is 5.17. The molecule has 0 aliphatic rings. The van der Waals surface area contributed by atoms with E-state index in [1.54, 1.807) is 12.1 Å². The van der Waals surface area contributed by atoms with Crippen LogP contribution in [0.3, 0.4) is 0 Å². The van der Waals surface area contributed by atoms with Crippen LogP contribution in [0.4, 0.5) is 0 Å². The molecule has 2 nitrogen and oxygen atoms in total. The molecular weight excluding hydrogens is 400 g/mol. The predicted molar refractivity (Wildman–Crippen MR) is 117 cm³/mol. The van der Waals surface area contributed by atoms with Crippen LogP contribution in [0.1, 0.15) is 66.1 Å². The number of ether oxygens (including phenoxy) is 1. The van der Waals surface area contributed by atoms with E-state index in [2.05, 4.69) is 54.9 Å². The molecule has 3 heteroatoms. The van der Waals surface area contributed by atoms with Gasteiger partial charge >= 0.3 is 0 Å². The third-order valence-corrected chi connectivity index (χ3v) is 5.79. The molecule has 1 atom stereocenters. The van der Waals surface area contributed by atoms with Gasteiger partial charge in [0.1, 0.15) is 12.0 Å². The lowest BCUT2D eigenvalue weighted by molar-refractivity contribution is 0.112. The minimum Gasteiger partial charge on any atom is -0.492 e. The molecule has 0 N–H and O–H groups in total. The highest BCUT2D eigenvalue weighted by Gasteiger charge is 2.11. The number of rotatable bonds is 11. The summed E-state index contributed by atoms with van der Waals surface area (Å²) in [4.78, 5) is 10.8. The molecule has 0 heterocycles. The Morgan fingerprint density at radius 3 is 2.48 bits per heavy atom. The Morgan fingerprint density at radius 1 is 1.04 bits per heavy atom. The monoisotopic (exact) mass is 430 g/mol. The predicted octanol–water partition coefficient (Wildman–Crippen LogP) is 7.09. The van der Waals surface area contributed by atoms with Crippen molar-refractivity contribution >= 4 is 22.2 Å². The van der Waals surface area contributed by atoms with Crippen molar-refractivity contribution in [3.63, 3.8) is 0 Å². The molecule has 146 valence electrons. The fourth-order valence-electron chi connectivity index (χ4n) is 3.37. The van der Waals surface area contributed by atoms with Crippen LogP contribution in [0.15, 0.2) is 40.9 Å². The highest BCUT2D eigenvalue weighted by atomic mass is 79.9. The second kappa shape index (κ2) is 11.3. The Hall–Kier alpha value is -1.61. The fraction of sp³-hybridized carbons (Fsp3) is 0.458. The van der Waals surface area contributed by atoms with Crippen molar-refractivity contribution < 1.29 is 9.53 Å². The Bertz CT molecular complexity index is 739. The lowest BCUT2D eigenvalue weighted by Crippen LogP contribution is -2.08. The van der Waals surface area contributed by atoms with Crippen LogP contribution in [-0.4, -0.2) is 12.9 Å². The summed E-state index contributed by atoms with van der Waals surface area (Å²) < 4.78 is 6.75. The van der Waals surface area contributed by atoms with Crippen LogP contribution < -0.4 is 4.74 Å². The SMILES string of the molecule is CCCCC(CCCOc1ccc(C=O)cc1Br)Cc1ccc(C)c(C)c1. The minimum absolute atomic E-state index is 0.655. The van der Waals surface area contributed by atoms with Gasteiger partial charge in [0, 0.05) is 5.56 Å². The van der Waals surface area contributed by atoms with Crippen LogP contribution in [0.2, 0.25) is 0 Å². The fourth-order valence-corrected chi connectivity index (χ4v) is 3.88. The van der Waals surface area contributed by atoms with Gasteiger partial charge in [-0.05, 0) is 89.8 Å². The van der Waals surface area contributed by atoms with Crippen molar-refractivity contribution in [3.8, 4) is 5.75 Å². The summed E-state index contributed by atoms with van der Waals surface area (Å²) >= 11 is 3.48. The van der Waals surface area contributed by atoms with Crippen LogP contribution in [0, 0.1) is 19.8 Å². The molecule has 0 radical (unpaired) electrons. The number of halogens is 1. The van der Waals surface area contributed by atoms with E-state index in [-0.39, 0.29) is 0 Å². The highest BCUT2D eigenvalue weighted by molar-refractivity contribution is 9.10. The van der Waals surface area contributed by atoms with Crippen LogP contribution in [0.5, 0.6) is 5.75 Å². The molecule has 0 fully saturated rings. The molecule has 0 spiro atoms. The van der Waals surface area contributed by atoms with Crippen LogP contribution in [-0.2, 0) is 6.42 Å². The topological polar surface area (TPSA) is 26.3 Å². The van der Waals surface area contributed by atoms with E-state index in [9.17, 15) is 4.79 Å². The lowest BCUT2D eigenvalue weighted by atomic mass is 9.89. The number of carbonyl (C=O) groups excluding carboxylic acids is 1. The number of aryl methyl sites for hydroxylation is 2. The molecule has 0 saturated heterocycles. The Kier molecular flexibility index (Phi) is 9.06. The quantitative estimate of drug-likeness (QED) is 0.281. The normalized spacial score (nSPS) is 12.0. The van der Waals surface area contributed by atoms with Crippen LogP contribution >= 0.6 is 15.9 Å². The van der Waals surface area contributed by atoms with Gasteiger partial charge in [0.2, 0.25) is 0 Å². The molecule has 0 bridgehead atoms. The maximum atomic E-state index is 10.8. The van der Waals surface area contributed by atoms with Crippen molar-refractivity contribution in [1.29, 1.82) is 0 Å². The number of carbonyl (C=O) groups is 1. The maximum absolute atomic E-state index is 10.8. The number of hydrogen-bond donors (Lipinski definition) is 0. The van der Waals surface area contributed by atoms with E-state index < -0.39 is 0 Å². The van der Waals surface area contributed by atoms with Gasteiger partial charge in [0.25, 0.3) is 0 Å². The first-order chi connectivity index (χ1) is 13.0. The zero-order valence-corrected chi connectivity index (χ0v) is 18.3. The molecule has 0 aliphatic heterocycles. The molecule has 2 aromatic rings. The zero-order chi connectivity index (χ0) is 19.6. The molecule has 2 aromatic carbocycles. The first-order valence-electron chi connectivity index (χ1n) is 9.97. The van der Waals surface area contributed by atoms with E-state index >= 15 is 0 Å². The first-order valence-corrected chi connectivity index (χ1v) is 10.8. The van der Waals surface area contributed by atoms with Crippen molar-refractivity contribution in [2.45, 2.75) is 59.3 Å².